The molecule has 6 rings (SSSR count). The molecule has 0 saturated carbocycles. The van der Waals surface area contributed by atoms with Gasteiger partial charge in [0.05, 0.1) is 0 Å². The van der Waals surface area contributed by atoms with E-state index >= 15 is 0 Å². The van der Waals surface area contributed by atoms with E-state index in [9.17, 15) is 9.59 Å². The van der Waals surface area contributed by atoms with Crippen LogP contribution < -0.4 is 5.32 Å². The van der Waals surface area contributed by atoms with E-state index in [2.05, 4.69) is 30.0 Å². The standard InChI is InChI=1S/C25H28N8O2/c34-24(28-21-7-4-6-19(27-21)23-30-29-22-8-5-12-33(22)23)20-14-18-16-32(13-9-17(18)15-26-20)25(35)31-10-2-1-3-11-31/h4,6-7,14-15H,1-3,5,8-13,16H2,(H,27,28,34). The first-order valence-corrected chi connectivity index (χ1v) is 12.4. The summed E-state index contributed by atoms with van der Waals surface area (Å²) in [6, 6.07) is 7.37. The Morgan fingerprint density at radius 3 is 2.66 bits per heavy atom. The van der Waals surface area contributed by atoms with Crippen LogP contribution in [0.25, 0.3) is 11.5 Å². The Balaban J connectivity index is 1.17. The lowest BCUT2D eigenvalue weighted by atomic mass is 10.0. The Hall–Kier alpha value is -3.82. The highest BCUT2D eigenvalue weighted by molar-refractivity contribution is 6.02. The SMILES string of the molecule is O=C(Nc1cccc(-c2nnc3n2CCC3)n1)c1cc2c(cn1)CCN(C(=O)N1CCCCC1)C2. The van der Waals surface area contributed by atoms with Crippen molar-refractivity contribution in [1.29, 1.82) is 0 Å². The number of fused-ring (bicyclic) bond motifs is 2. The Bertz CT molecular complexity index is 1280. The number of aryl methyl sites for hydroxylation is 1. The number of aromatic nitrogens is 5. The number of anilines is 1. The Kier molecular flexibility index (Phi) is 5.63. The van der Waals surface area contributed by atoms with E-state index in [0.717, 1.165) is 74.5 Å². The normalized spacial score (nSPS) is 17.1. The van der Waals surface area contributed by atoms with E-state index in [1.807, 2.05) is 21.9 Å². The first kappa shape index (κ1) is 21.7. The molecule has 3 aromatic rings. The molecule has 10 heteroatoms. The molecule has 10 nitrogen and oxygen atoms in total. The van der Waals surface area contributed by atoms with E-state index in [4.69, 9.17) is 0 Å². The van der Waals surface area contributed by atoms with Gasteiger partial charge in [0.1, 0.15) is 23.0 Å². The summed E-state index contributed by atoms with van der Waals surface area (Å²) in [7, 11) is 0. The van der Waals surface area contributed by atoms with Gasteiger partial charge in [-0.15, -0.1) is 10.2 Å². The number of hydrogen-bond donors (Lipinski definition) is 1. The lowest BCUT2D eigenvalue weighted by Gasteiger charge is -2.35. The molecule has 0 radical (unpaired) electrons. The fourth-order valence-electron chi connectivity index (χ4n) is 5.16. The fourth-order valence-corrected chi connectivity index (χ4v) is 5.16. The molecule has 0 unspecified atom stereocenters. The van der Waals surface area contributed by atoms with Gasteiger partial charge in [0.2, 0.25) is 0 Å². The monoisotopic (exact) mass is 472 g/mol. The molecule has 180 valence electrons. The molecule has 1 fully saturated rings. The molecular formula is C25H28N8O2. The topological polar surface area (TPSA) is 109 Å². The van der Waals surface area contributed by atoms with Crippen molar-refractivity contribution in [2.45, 2.75) is 51.6 Å². The zero-order valence-corrected chi connectivity index (χ0v) is 19.6. The van der Waals surface area contributed by atoms with Crippen LogP contribution in [0.1, 0.15) is 53.1 Å². The molecule has 3 aromatic heterocycles. The molecule has 0 bridgehead atoms. The van der Waals surface area contributed by atoms with Crippen LogP contribution >= 0.6 is 0 Å². The van der Waals surface area contributed by atoms with Crippen molar-refractivity contribution >= 4 is 17.8 Å². The number of pyridine rings is 2. The number of carbonyl (C=O) groups is 2. The van der Waals surface area contributed by atoms with Crippen molar-refractivity contribution in [3.63, 3.8) is 0 Å². The number of piperidine rings is 1. The lowest BCUT2D eigenvalue weighted by Crippen LogP contribution is -2.47. The second-order valence-corrected chi connectivity index (χ2v) is 9.40. The summed E-state index contributed by atoms with van der Waals surface area (Å²) in [4.78, 5) is 38.8. The molecule has 3 aliphatic rings. The number of amides is 3. The maximum atomic E-state index is 13.0. The second-order valence-electron chi connectivity index (χ2n) is 9.40. The van der Waals surface area contributed by atoms with Crippen molar-refractivity contribution < 1.29 is 9.59 Å². The van der Waals surface area contributed by atoms with Gasteiger partial charge in [-0.25, -0.2) is 9.78 Å². The second kappa shape index (κ2) is 9.09. The molecule has 35 heavy (non-hydrogen) atoms. The minimum atomic E-state index is -0.330. The smallest absolute Gasteiger partial charge is 0.320 e. The summed E-state index contributed by atoms with van der Waals surface area (Å²) in [6.07, 6.45) is 7.81. The van der Waals surface area contributed by atoms with E-state index in [-0.39, 0.29) is 11.9 Å². The fraction of sp³-hybridized carbons (Fsp3) is 0.440. The Morgan fingerprint density at radius 1 is 0.886 bits per heavy atom. The average Bonchev–Trinajstić information content (AvgIpc) is 3.53. The minimum absolute atomic E-state index is 0.0964. The van der Waals surface area contributed by atoms with Crippen LogP contribution in [0.2, 0.25) is 0 Å². The van der Waals surface area contributed by atoms with Crippen LogP contribution in [0.4, 0.5) is 10.6 Å². The zero-order chi connectivity index (χ0) is 23.8. The predicted molar refractivity (Wildman–Crippen MR) is 129 cm³/mol. The van der Waals surface area contributed by atoms with Gasteiger partial charge in [-0.2, -0.15) is 0 Å². The Labute approximate surface area is 203 Å². The summed E-state index contributed by atoms with van der Waals surface area (Å²) < 4.78 is 2.08. The van der Waals surface area contributed by atoms with E-state index in [1.165, 1.54) is 6.42 Å². The molecule has 1 saturated heterocycles. The highest BCUT2D eigenvalue weighted by atomic mass is 16.2. The van der Waals surface area contributed by atoms with Gasteiger partial charge in [-0.3, -0.25) is 9.78 Å². The van der Waals surface area contributed by atoms with Gasteiger partial charge < -0.3 is 19.7 Å². The average molecular weight is 473 g/mol. The van der Waals surface area contributed by atoms with Crippen LogP contribution in [0.5, 0.6) is 0 Å². The van der Waals surface area contributed by atoms with Crippen molar-refractivity contribution in [2.75, 3.05) is 25.0 Å². The number of carbonyl (C=O) groups excluding carboxylic acids is 2. The summed E-state index contributed by atoms with van der Waals surface area (Å²) in [5.41, 5.74) is 3.05. The summed E-state index contributed by atoms with van der Waals surface area (Å²) >= 11 is 0. The summed E-state index contributed by atoms with van der Waals surface area (Å²) in [5, 5.41) is 11.4. The van der Waals surface area contributed by atoms with Gasteiger partial charge in [-0.1, -0.05) is 6.07 Å². The molecule has 3 aliphatic heterocycles. The molecule has 0 aromatic carbocycles. The summed E-state index contributed by atoms with van der Waals surface area (Å²) in [6.45, 7) is 3.72. The molecule has 0 aliphatic carbocycles. The highest BCUT2D eigenvalue weighted by Crippen LogP contribution is 2.24. The van der Waals surface area contributed by atoms with Crippen LogP contribution in [0.3, 0.4) is 0 Å². The van der Waals surface area contributed by atoms with Gasteiger partial charge >= 0.3 is 6.03 Å². The third-order valence-electron chi connectivity index (χ3n) is 7.05. The molecular weight excluding hydrogens is 444 g/mol. The first-order chi connectivity index (χ1) is 17.2. The van der Waals surface area contributed by atoms with Crippen LogP contribution in [0, 0.1) is 0 Å². The largest absolute Gasteiger partial charge is 0.325 e. The summed E-state index contributed by atoms with van der Waals surface area (Å²) in [5.74, 6) is 1.80. The van der Waals surface area contributed by atoms with Gasteiger partial charge in [0.25, 0.3) is 5.91 Å². The maximum absolute atomic E-state index is 13.0. The van der Waals surface area contributed by atoms with E-state index < -0.39 is 0 Å². The molecule has 3 amide bonds. The number of nitrogens with one attached hydrogen (secondary N) is 1. The van der Waals surface area contributed by atoms with Crippen LogP contribution in [-0.2, 0) is 25.9 Å². The number of nitrogens with zero attached hydrogens (tertiary/aromatic N) is 7. The van der Waals surface area contributed by atoms with E-state index in [1.54, 1.807) is 18.3 Å². The number of rotatable bonds is 3. The third-order valence-corrected chi connectivity index (χ3v) is 7.05. The van der Waals surface area contributed by atoms with Gasteiger partial charge in [0.15, 0.2) is 5.82 Å². The Morgan fingerprint density at radius 2 is 1.77 bits per heavy atom. The first-order valence-electron chi connectivity index (χ1n) is 12.4. The van der Waals surface area contributed by atoms with Crippen molar-refractivity contribution in [3.05, 3.63) is 53.1 Å². The van der Waals surface area contributed by atoms with Crippen LogP contribution in [-0.4, -0.2) is 66.1 Å². The van der Waals surface area contributed by atoms with E-state index in [0.29, 0.717) is 30.3 Å². The molecule has 0 atom stereocenters. The van der Waals surface area contributed by atoms with Crippen LogP contribution in [0.15, 0.2) is 30.5 Å². The van der Waals surface area contributed by atoms with Crippen molar-refractivity contribution in [2.24, 2.45) is 0 Å². The minimum Gasteiger partial charge on any atom is -0.325 e. The quantitative estimate of drug-likeness (QED) is 0.628. The molecule has 6 heterocycles. The number of urea groups is 1. The third kappa shape index (κ3) is 4.24. The van der Waals surface area contributed by atoms with Crippen molar-refractivity contribution in [3.8, 4) is 11.5 Å². The highest BCUT2D eigenvalue weighted by Gasteiger charge is 2.27. The van der Waals surface area contributed by atoms with Gasteiger partial charge in [-0.05, 0) is 61.4 Å². The predicted octanol–water partition coefficient (Wildman–Crippen LogP) is 2.90. The van der Waals surface area contributed by atoms with Gasteiger partial charge in [0, 0.05) is 45.3 Å². The molecule has 1 N–H and O–H groups in total. The molecule has 0 spiro atoms. The maximum Gasteiger partial charge on any atom is 0.320 e. The zero-order valence-electron chi connectivity index (χ0n) is 19.6. The lowest BCUT2D eigenvalue weighted by molar-refractivity contribution is 0.102. The van der Waals surface area contributed by atoms with Crippen molar-refractivity contribution in [1.82, 2.24) is 34.5 Å². The number of likely N-dealkylation sites (tertiary alicyclic amines) is 1. The number of hydrogen-bond acceptors (Lipinski definition) is 6.